The van der Waals surface area contributed by atoms with Gasteiger partial charge in [0.25, 0.3) is 0 Å². The van der Waals surface area contributed by atoms with Crippen LogP contribution in [0.2, 0.25) is 0 Å². The highest BCUT2D eigenvalue weighted by molar-refractivity contribution is 7.89. The number of nitrogens with one attached hydrogen (secondary N) is 1. The Morgan fingerprint density at radius 2 is 1.53 bits per heavy atom. The van der Waals surface area contributed by atoms with Gasteiger partial charge in [-0.2, -0.15) is 4.31 Å². The number of ether oxygens (including phenoxy) is 1. The number of rotatable bonds is 8. The van der Waals surface area contributed by atoms with E-state index in [4.69, 9.17) is 4.74 Å². The van der Waals surface area contributed by atoms with Crippen molar-refractivity contribution >= 4 is 21.6 Å². The molecule has 0 aromatic heterocycles. The van der Waals surface area contributed by atoms with E-state index in [0.717, 1.165) is 11.1 Å². The summed E-state index contributed by atoms with van der Waals surface area (Å²) >= 11 is 0. The number of morpholine rings is 1. The molecule has 1 fully saturated rings. The van der Waals surface area contributed by atoms with E-state index in [2.05, 4.69) is 5.32 Å². The van der Waals surface area contributed by atoms with E-state index in [1.807, 2.05) is 72.6 Å². The molecule has 1 saturated heterocycles. The summed E-state index contributed by atoms with van der Waals surface area (Å²) in [5.74, 6) is -0.222. The molecule has 178 valence electrons. The standard InChI is InChI=1S/C26H29N3O4S/c1-28(26(21-9-4-2-5-10-21)22-11-6-3-7-12-22)20-25(30)27-23-13-8-14-24(19-23)34(31,32)29-15-17-33-18-16-29/h2-14,19,26H,15-18,20H2,1H3,(H,27,30). The van der Waals surface area contributed by atoms with Gasteiger partial charge in [-0.1, -0.05) is 66.7 Å². The molecule has 34 heavy (non-hydrogen) atoms. The first-order valence-corrected chi connectivity index (χ1v) is 12.7. The highest BCUT2D eigenvalue weighted by Crippen LogP contribution is 2.27. The monoisotopic (exact) mass is 479 g/mol. The van der Waals surface area contributed by atoms with Gasteiger partial charge in [0, 0.05) is 18.8 Å². The van der Waals surface area contributed by atoms with Crippen molar-refractivity contribution in [1.29, 1.82) is 0 Å². The smallest absolute Gasteiger partial charge is 0.243 e. The molecule has 1 aliphatic rings. The lowest BCUT2D eigenvalue weighted by Crippen LogP contribution is -2.40. The van der Waals surface area contributed by atoms with E-state index in [1.165, 1.54) is 10.4 Å². The van der Waals surface area contributed by atoms with Gasteiger partial charge in [0.15, 0.2) is 0 Å². The second-order valence-electron chi connectivity index (χ2n) is 8.23. The zero-order valence-electron chi connectivity index (χ0n) is 19.1. The third kappa shape index (κ3) is 5.71. The second kappa shape index (κ2) is 10.9. The minimum atomic E-state index is -3.64. The van der Waals surface area contributed by atoms with Crippen LogP contribution in [0.15, 0.2) is 89.8 Å². The van der Waals surface area contributed by atoms with E-state index in [1.54, 1.807) is 18.2 Å². The molecule has 1 N–H and O–H groups in total. The summed E-state index contributed by atoms with van der Waals surface area (Å²) in [6, 6.07) is 26.4. The first-order valence-electron chi connectivity index (χ1n) is 11.2. The Balaban J connectivity index is 1.48. The van der Waals surface area contributed by atoms with Crippen molar-refractivity contribution in [3.63, 3.8) is 0 Å². The number of amides is 1. The minimum absolute atomic E-state index is 0.0961. The van der Waals surface area contributed by atoms with E-state index in [9.17, 15) is 13.2 Å². The molecule has 0 radical (unpaired) electrons. The molecule has 3 aromatic carbocycles. The average molecular weight is 480 g/mol. The maximum atomic E-state index is 13.0. The van der Waals surface area contributed by atoms with Crippen LogP contribution in [0, 0.1) is 0 Å². The third-order valence-electron chi connectivity index (χ3n) is 5.79. The molecule has 4 rings (SSSR count). The van der Waals surface area contributed by atoms with Gasteiger partial charge >= 0.3 is 0 Å². The van der Waals surface area contributed by atoms with Crippen LogP contribution in [-0.4, -0.2) is 63.4 Å². The predicted molar refractivity (Wildman–Crippen MR) is 132 cm³/mol. The summed E-state index contributed by atoms with van der Waals surface area (Å²) in [4.78, 5) is 15.1. The summed E-state index contributed by atoms with van der Waals surface area (Å²) < 4.78 is 32.6. The summed E-state index contributed by atoms with van der Waals surface area (Å²) in [7, 11) is -1.73. The molecule has 1 amide bonds. The van der Waals surface area contributed by atoms with Gasteiger partial charge in [-0.05, 0) is 36.4 Å². The van der Waals surface area contributed by atoms with Crippen LogP contribution in [0.5, 0.6) is 0 Å². The number of anilines is 1. The first-order chi connectivity index (χ1) is 16.4. The van der Waals surface area contributed by atoms with Crippen molar-refractivity contribution in [3.05, 3.63) is 96.1 Å². The number of benzene rings is 3. The SMILES string of the molecule is CN(CC(=O)Nc1cccc(S(=O)(=O)N2CCOCC2)c1)C(c1ccccc1)c1ccccc1. The lowest BCUT2D eigenvalue weighted by atomic mass is 9.97. The number of carbonyl (C=O) groups is 1. The van der Waals surface area contributed by atoms with Crippen LogP contribution in [-0.2, 0) is 19.6 Å². The number of carbonyl (C=O) groups excluding carboxylic acids is 1. The third-order valence-corrected chi connectivity index (χ3v) is 7.68. The Morgan fingerprint density at radius 1 is 0.941 bits per heavy atom. The largest absolute Gasteiger partial charge is 0.379 e. The van der Waals surface area contributed by atoms with Crippen LogP contribution in [0.3, 0.4) is 0 Å². The lowest BCUT2D eigenvalue weighted by molar-refractivity contribution is -0.117. The van der Waals surface area contributed by atoms with Gasteiger partial charge < -0.3 is 10.1 Å². The van der Waals surface area contributed by atoms with Crippen molar-refractivity contribution in [3.8, 4) is 0 Å². The molecule has 0 atom stereocenters. The number of nitrogens with zero attached hydrogens (tertiary/aromatic N) is 2. The predicted octanol–water partition coefficient (Wildman–Crippen LogP) is 3.37. The molecule has 7 nitrogen and oxygen atoms in total. The maximum Gasteiger partial charge on any atom is 0.243 e. The van der Waals surface area contributed by atoms with Gasteiger partial charge in [0.05, 0.1) is 30.7 Å². The van der Waals surface area contributed by atoms with Crippen molar-refractivity contribution in [2.45, 2.75) is 10.9 Å². The molecular formula is C26H29N3O4S. The molecule has 0 bridgehead atoms. The Kier molecular flexibility index (Phi) is 7.74. The van der Waals surface area contributed by atoms with Gasteiger partial charge in [0.1, 0.15) is 0 Å². The molecule has 1 heterocycles. The van der Waals surface area contributed by atoms with E-state index in [-0.39, 0.29) is 23.4 Å². The number of likely N-dealkylation sites (N-methyl/N-ethyl adjacent to an activating group) is 1. The Morgan fingerprint density at radius 3 is 2.12 bits per heavy atom. The molecule has 0 spiro atoms. The van der Waals surface area contributed by atoms with Crippen LogP contribution in [0.4, 0.5) is 5.69 Å². The van der Waals surface area contributed by atoms with Gasteiger partial charge in [-0.3, -0.25) is 9.69 Å². The number of hydrogen-bond donors (Lipinski definition) is 1. The van der Waals surface area contributed by atoms with Gasteiger partial charge in [0.2, 0.25) is 15.9 Å². The van der Waals surface area contributed by atoms with Gasteiger partial charge in [-0.25, -0.2) is 8.42 Å². The molecule has 0 unspecified atom stereocenters. The summed E-state index contributed by atoms with van der Waals surface area (Å²) in [5, 5.41) is 2.86. The summed E-state index contributed by atoms with van der Waals surface area (Å²) in [6.07, 6.45) is 0. The lowest BCUT2D eigenvalue weighted by Gasteiger charge is -2.28. The van der Waals surface area contributed by atoms with Crippen LogP contribution in [0.1, 0.15) is 17.2 Å². The van der Waals surface area contributed by atoms with Crippen molar-refractivity contribution in [2.24, 2.45) is 0 Å². The zero-order chi connectivity index (χ0) is 24.0. The van der Waals surface area contributed by atoms with Crippen molar-refractivity contribution in [2.75, 3.05) is 45.2 Å². The minimum Gasteiger partial charge on any atom is -0.379 e. The fourth-order valence-electron chi connectivity index (χ4n) is 4.16. The zero-order valence-corrected chi connectivity index (χ0v) is 19.9. The number of sulfonamides is 1. The molecule has 0 aliphatic carbocycles. The fraction of sp³-hybridized carbons (Fsp3) is 0.269. The molecule has 0 saturated carbocycles. The first kappa shape index (κ1) is 24.1. The fourth-order valence-corrected chi connectivity index (χ4v) is 5.62. The summed E-state index contributed by atoms with van der Waals surface area (Å²) in [5.41, 5.74) is 2.62. The van der Waals surface area contributed by atoms with Crippen LogP contribution < -0.4 is 5.32 Å². The Hall–Kier alpha value is -3.04. The maximum absolute atomic E-state index is 13.0. The van der Waals surface area contributed by atoms with E-state index in [0.29, 0.717) is 32.0 Å². The topological polar surface area (TPSA) is 79.0 Å². The molecule has 3 aromatic rings. The second-order valence-corrected chi connectivity index (χ2v) is 10.2. The Bertz CT molecular complexity index is 1160. The van der Waals surface area contributed by atoms with Crippen LogP contribution >= 0.6 is 0 Å². The average Bonchev–Trinajstić information content (AvgIpc) is 2.86. The van der Waals surface area contributed by atoms with Crippen molar-refractivity contribution < 1.29 is 17.9 Å². The molecular weight excluding hydrogens is 450 g/mol. The summed E-state index contributed by atoms with van der Waals surface area (Å²) in [6.45, 7) is 1.54. The normalized spacial score (nSPS) is 14.9. The van der Waals surface area contributed by atoms with E-state index < -0.39 is 10.0 Å². The van der Waals surface area contributed by atoms with Crippen LogP contribution in [0.25, 0.3) is 0 Å². The quantitative estimate of drug-likeness (QED) is 0.536. The van der Waals surface area contributed by atoms with Gasteiger partial charge in [-0.15, -0.1) is 0 Å². The van der Waals surface area contributed by atoms with Crippen molar-refractivity contribution in [1.82, 2.24) is 9.21 Å². The Labute approximate surface area is 201 Å². The highest BCUT2D eigenvalue weighted by Gasteiger charge is 2.27. The molecule has 8 heteroatoms. The highest BCUT2D eigenvalue weighted by atomic mass is 32.2. The molecule has 1 aliphatic heterocycles. The van der Waals surface area contributed by atoms with E-state index >= 15 is 0 Å². The number of hydrogen-bond acceptors (Lipinski definition) is 5.